The van der Waals surface area contributed by atoms with Crippen molar-refractivity contribution in [2.75, 3.05) is 12.4 Å². The fraction of sp³-hybridized carbons (Fsp3) is 0.129. The van der Waals surface area contributed by atoms with Crippen LogP contribution < -0.4 is 4.74 Å². The SMILES string of the molecule is Cc1cc(SCC=C(c2ccc(F)cc2)c2ccc(-c3ccccc3C(F)(F)F)cc2)ccc1OCC(=O)O. The number of aliphatic carboxylic acids is 1. The summed E-state index contributed by atoms with van der Waals surface area (Å²) >= 11 is 1.55. The molecule has 0 aromatic heterocycles. The maximum absolute atomic E-state index is 13.6. The van der Waals surface area contributed by atoms with Crippen molar-refractivity contribution < 1.29 is 32.2 Å². The van der Waals surface area contributed by atoms with Crippen molar-refractivity contribution >= 4 is 23.3 Å². The highest BCUT2D eigenvalue weighted by atomic mass is 32.2. The number of benzene rings is 4. The Labute approximate surface area is 227 Å². The van der Waals surface area contributed by atoms with E-state index in [0.29, 0.717) is 17.1 Å². The summed E-state index contributed by atoms with van der Waals surface area (Å²) in [5.74, 6) is -0.368. The molecule has 0 saturated heterocycles. The number of rotatable bonds is 9. The van der Waals surface area contributed by atoms with E-state index < -0.39 is 24.3 Å². The lowest BCUT2D eigenvalue weighted by molar-refractivity contribution is -0.139. The van der Waals surface area contributed by atoms with Gasteiger partial charge in [-0.1, -0.05) is 60.7 Å². The van der Waals surface area contributed by atoms with Gasteiger partial charge in [-0.15, -0.1) is 11.8 Å². The van der Waals surface area contributed by atoms with Crippen molar-refractivity contribution in [3.05, 3.63) is 125 Å². The number of carboxylic acids is 1. The van der Waals surface area contributed by atoms with Gasteiger partial charge in [0.1, 0.15) is 11.6 Å². The number of halogens is 4. The maximum atomic E-state index is 13.6. The molecule has 0 aliphatic rings. The average molecular weight is 553 g/mol. The number of alkyl halides is 3. The van der Waals surface area contributed by atoms with Gasteiger partial charge in [-0.3, -0.25) is 0 Å². The number of carbonyl (C=O) groups is 1. The molecule has 0 atom stereocenters. The Morgan fingerprint density at radius 3 is 2.18 bits per heavy atom. The summed E-state index contributed by atoms with van der Waals surface area (Å²) in [6.45, 7) is 1.41. The highest BCUT2D eigenvalue weighted by Crippen LogP contribution is 2.37. The summed E-state index contributed by atoms with van der Waals surface area (Å²) in [5.41, 5.74) is 3.02. The van der Waals surface area contributed by atoms with Crippen LogP contribution in [0.15, 0.2) is 102 Å². The fourth-order valence-corrected chi connectivity index (χ4v) is 4.94. The molecule has 8 heteroatoms. The van der Waals surface area contributed by atoms with Crippen LogP contribution in [0.5, 0.6) is 5.75 Å². The lowest BCUT2D eigenvalue weighted by Gasteiger charge is -2.14. The van der Waals surface area contributed by atoms with E-state index in [0.717, 1.165) is 33.2 Å². The second kappa shape index (κ2) is 12.2. The first-order chi connectivity index (χ1) is 18.6. The van der Waals surface area contributed by atoms with Crippen molar-refractivity contribution in [2.24, 2.45) is 0 Å². The van der Waals surface area contributed by atoms with E-state index >= 15 is 0 Å². The summed E-state index contributed by atoms with van der Waals surface area (Å²) in [7, 11) is 0. The molecule has 4 aromatic carbocycles. The Morgan fingerprint density at radius 1 is 0.923 bits per heavy atom. The zero-order chi connectivity index (χ0) is 28.0. The molecule has 4 rings (SSSR count). The Kier molecular flexibility index (Phi) is 8.76. The van der Waals surface area contributed by atoms with Crippen molar-refractivity contribution in [2.45, 2.75) is 18.0 Å². The lowest BCUT2D eigenvalue weighted by atomic mass is 9.94. The van der Waals surface area contributed by atoms with Gasteiger partial charge in [-0.25, -0.2) is 9.18 Å². The number of aryl methyl sites for hydroxylation is 1. The molecule has 1 N–H and O–H groups in total. The van der Waals surface area contributed by atoms with Crippen molar-refractivity contribution in [3.63, 3.8) is 0 Å². The van der Waals surface area contributed by atoms with Crippen LogP contribution in [0.3, 0.4) is 0 Å². The van der Waals surface area contributed by atoms with E-state index in [1.54, 1.807) is 60.3 Å². The summed E-state index contributed by atoms with van der Waals surface area (Å²) in [6.07, 6.45) is -2.48. The van der Waals surface area contributed by atoms with Gasteiger partial charge in [0, 0.05) is 10.6 Å². The number of carboxylic acid groups (broad SMARTS) is 1. The number of hydrogen-bond donors (Lipinski definition) is 1. The van der Waals surface area contributed by atoms with Crippen LogP contribution in [0.25, 0.3) is 16.7 Å². The minimum Gasteiger partial charge on any atom is -0.482 e. The molecule has 4 aromatic rings. The van der Waals surface area contributed by atoms with Crippen molar-refractivity contribution in [1.82, 2.24) is 0 Å². The van der Waals surface area contributed by atoms with Crippen LogP contribution in [-0.2, 0) is 11.0 Å². The molecule has 0 radical (unpaired) electrons. The van der Waals surface area contributed by atoms with Gasteiger partial charge in [0.05, 0.1) is 5.56 Å². The molecular formula is C31H24F4O3S. The molecule has 3 nitrogen and oxygen atoms in total. The highest BCUT2D eigenvalue weighted by molar-refractivity contribution is 7.99. The van der Waals surface area contributed by atoms with Crippen LogP contribution in [-0.4, -0.2) is 23.4 Å². The molecule has 200 valence electrons. The number of hydrogen-bond acceptors (Lipinski definition) is 3. The first-order valence-electron chi connectivity index (χ1n) is 11.9. The Balaban J connectivity index is 1.59. The molecule has 39 heavy (non-hydrogen) atoms. The van der Waals surface area contributed by atoms with Crippen LogP contribution in [0.4, 0.5) is 17.6 Å². The number of ether oxygens (including phenoxy) is 1. The summed E-state index contributed by atoms with van der Waals surface area (Å²) in [5, 5.41) is 8.81. The second-order valence-corrected chi connectivity index (χ2v) is 9.76. The zero-order valence-electron chi connectivity index (χ0n) is 20.8. The van der Waals surface area contributed by atoms with Crippen LogP contribution in [0, 0.1) is 12.7 Å². The van der Waals surface area contributed by atoms with E-state index in [2.05, 4.69) is 0 Å². The predicted octanol–water partition coefficient (Wildman–Crippen LogP) is 8.51. The van der Waals surface area contributed by atoms with Gasteiger partial charge in [0.15, 0.2) is 6.61 Å². The van der Waals surface area contributed by atoms with Crippen LogP contribution in [0.1, 0.15) is 22.3 Å². The van der Waals surface area contributed by atoms with E-state index in [1.807, 2.05) is 25.1 Å². The highest BCUT2D eigenvalue weighted by Gasteiger charge is 2.33. The molecular weight excluding hydrogens is 528 g/mol. The van der Waals surface area contributed by atoms with Gasteiger partial charge in [0.25, 0.3) is 0 Å². The molecule has 0 heterocycles. The Bertz CT molecular complexity index is 1480. The lowest BCUT2D eigenvalue weighted by Crippen LogP contribution is -2.09. The third kappa shape index (κ3) is 7.29. The normalized spacial score (nSPS) is 11.9. The minimum absolute atomic E-state index is 0.102. The first kappa shape index (κ1) is 28.0. The van der Waals surface area contributed by atoms with Crippen LogP contribution >= 0.6 is 11.8 Å². The monoisotopic (exact) mass is 552 g/mol. The van der Waals surface area contributed by atoms with Crippen molar-refractivity contribution in [3.8, 4) is 16.9 Å². The van der Waals surface area contributed by atoms with E-state index in [1.165, 1.54) is 24.3 Å². The van der Waals surface area contributed by atoms with E-state index in [9.17, 15) is 22.4 Å². The molecule has 0 amide bonds. The minimum atomic E-state index is -4.47. The maximum Gasteiger partial charge on any atom is 0.417 e. The molecule has 0 unspecified atom stereocenters. The quantitative estimate of drug-likeness (QED) is 0.167. The second-order valence-electron chi connectivity index (χ2n) is 8.67. The largest absolute Gasteiger partial charge is 0.482 e. The van der Waals surface area contributed by atoms with Crippen molar-refractivity contribution in [1.29, 1.82) is 0 Å². The topological polar surface area (TPSA) is 46.5 Å². The molecule has 0 bridgehead atoms. The van der Waals surface area contributed by atoms with Gasteiger partial charge in [-0.2, -0.15) is 13.2 Å². The van der Waals surface area contributed by atoms with Gasteiger partial charge >= 0.3 is 12.1 Å². The smallest absolute Gasteiger partial charge is 0.417 e. The Morgan fingerprint density at radius 2 is 1.56 bits per heavy atom. The summed E-state index contributed by atoms with van der Waals surface area (Å²) < 4.78 is 59.4. The predicted molar refractivity (Wildman–Crippen MR) is 145 cm³/mol. The summed E-state index contributed by atoms with van der Waals surface area (Å²) in [6, 6.07) is 23.8. The summed E-state index contributed by atoms with van der Waals surface area (Å²) in [4.78, 5) is 11.7. The van der Waals surface area contributed by atoms with E-state index in [4.69, 9.17) is 9.84 Å². The standard InChI is InChI=1S/C31H24F4O3S/c1-20-18-25(14-15-29(20)38-19-30(36)37)39-17-16-26(22-10-12-24(32)13-11-22)21-6-8-23(9-7-21)27-4-2-3-5-28(27)31(33,34)35/h2-16,18H,17,19H2,1H3,(H,36,37). The zero-order valence-corrected chi connectivity index (χ0v) is 21.7. The molecule has 0 aliphatic heterocycles. The first-order valence-corrected chi connectivity index (χ1v) is 12.9. The third-order valence-corrected chi connectivity index (χ3v) is 6.85. The molecule has 0 fully saturated rings. The van der Waals surface area contributed by atoms with Gasteiger partial charge < -0.3 is 9.84 Å². The molecule has 0 aliphatic carbocycles. The average Bonchev–Trinajstić information content (AvgIpc) is 2.91. The Hall–Kier alpha value is -4.04. The third-order valence-electron chi connectivity index (χ3n) is 5.93. The van der Waals surface area contributed by atoms with Gasteiger partial charge in [-0.05, 0) is 76.7 Å². The fourth-order valence-electron chi connectivity index (χ4n) is 4.08. The molecule has 0 saturated carbocycles. The number of thioether (sulfide) groups is 1. The molecule has 0 spiro atoms. The van der Waals surface area contributed by atoms with Gasteiger partial charge in [0.2, 0.25) is 0 Å². The van der Waals surface area contributed by atoms with Crippen LogP contribution in [0.2, 0.25) is 0 Å². The van der Waals surface area contributed by atoms with E-state index in [-0.39, 0.29) is 11.4 Å².